The van der Waals surface area contributed by atoms with Crippen LogP contribution in [0, 0.1) is 0 Å². The van der Waals surface area contributed by atoms with E-state index in [-0.39, 0.29) is 24.7 Å². The normalized spacial score (nSPS) is 21.6. The predicted octanol–water partition coefficient (Wildman–Crippen LogP) is 5.42. The Bertz CT molecular complexity index is 1010. The number of ketones is 1. The molecule has 30 heavy (non-hydrogen) atoms. The maximum Gasteiger partial charge on any atom is 0.411 e. The number of benzene rings is 2. The Balaban J connectivity index is 1.93. The van der Waals surface area contributed by atoms with Crippen LogP contribution in [0.25, 0.3) is 10.8 Å². The maximum absolute atomic E-state index is 13.1. The van der Waals surface area contributed by atoms with Crippen LogP contribution in [0.3, 0.4) is 0 Å². The van der Waals surface area contributed by atoms with E-state index in [0.29, 0.717) is 12.0 Å². The fourth-order valence-corrected chi connectivity index (χ4v) is 4.38. The fraction of sp³-hybridized carbons (Fsp3) is 0.435. The molecule has 1 aliphatic rings. The summed E-state index contributed by atoms with van der Waals surface area (Å²) < 4.78 is 6.40. The van der Waals surface area contributed by atoms with Crippen molar-refractivity contribution >= 4 is 44.5 Å². The summed E-state index contributed by atoms with van der Waals surface area (Å²) >= 11 is 3.43. The van der Waals surface area contributed by atoms with Crippen LogP contribution in [-0.4, -0.2) is 45.0 Å². The molecule has 0 aliphatic carbocycles. The summed E-state index contributed by atoms with van der Waals surface area (Å²) in [6, 6.07) is 10.7. The number of rotatable bonds is 4. The van der Waals surface area contributed by atoms with Crippen molar-refractivity contribution in [1.82, 2.24) is 4.90 Å². The highest BCUT2D eigenvalue weighted by atomic mass is 79.9. The van der Waals surface area contributed by atoms with Gasteiger partial charge in [0.25, 0.3) is 0 Å². The first-order valence-corrected chi connectivity index (χ1v) is 10.7. The molecule has 0 saturated carbocycles. The third kappa shape index (κ3) is 4.36. The van der Waals surface area contributed by atoms with Crippen molar-refractivity contribution in [2.75, 3.05) is 0 Å². The number of likely N-dealkylation sites (tertiary alicyclic amines) is 1. The average molecular weight is 476 g/mol. The fourth-order valence-electron chi connectivity index (χ4n) is 4.00. The van der Waals surface area contributed by atoms with E-state index in [9.17, 15) is 19.5 Å². The molecular formula is C23H26BrNO5. The van der Waals surface area contributed by atoms with Crippen LogP contribution in [0.4, 0.5) is 4.79 Å². The Labute approximate surface area is 184 Å². The number of carboxylic acids is 1. The van der Waals surface area contributed by atoms with Crippen LogP contribution in [0.2, 0.25) is 0 Å². The summed E-state index contributed by atoms with van der Waals surface area (Å²) in [4.78, 5) is 39.6. The molecule has 0 unspecified atom stereocenters. The highest BCUT2D eigenvalue weighted by Gasteiger charge is 2.55. The molecule has 160 valence electrons. The summed E-state index contributed by atoms with van der Waals surface area (Å²) in [7, 11) is 0. The van der Waals surface area contributed by atoms with Crippen molar-refractivity contribution in [2.45, 2.75) is 64.1 Å². The van der Waals surface area contributed by atoms with Gasteiger partial charge in [0.1, 0.15) is 5.60 Å². The van der Waals surface area contributed by atoms with Gasteiger partial charge in [-0.05, 0) is 69.5 Å². The van der Waals surface area contributed by atoms with Gasteiger partial charge in [-0.3, -0.25) is 9.69 Å². The standard InChI is InChI=1S/C23H26BrNO5/c1-14-9-10-23(20(27)28,25(14)21(29)30-22(2,3)4)13-19(26)17-6-5-16-12-18(24)8-7-15(16)11-17/h5-8,11-12,14H,9-10,13H2,1-4H3,(H,27,28)/t14-,23+/m0/s1. The molecule has 3 rings (SSSR count). The van der Waals surface area contributed by atoms with Crippen LogP contribution in [-0.2, 0) is 9.53 Å². The van der Waals surface area contributed by atoms with E-state index in [1.54, 1.807) is 39.8 Å². The first-order valence-electron chi connectivity index (χ1n) is 9.91. The van der Waals surface area contributed by atoms with Gasteiger partial charge in [0.2, 0.25) is 0 Å². The molecule has 1 fully saturated rings. The van der Waals surface area contributed by atoms with Crippen LogP contribution < -0.4 is 0 Å². The van der Waals surface area contributed by atoms with Gasteiger partial charge in [-0.1, -0.05) is 34.1 Å². The van der Waals surface area contributed by atoms with E-state index < -0.39 is 23.2 Å². The zero-order chi connectivity index (χ0) is 22.3. The smallest absolute Gasteiger partial charge is 0.411 e. The minimum Gasteiger partial charge on any atom is -0.479 e. The van der Waals surface area contributed by atoms with Crippen molar-refractivity contribution < 1.29 is 24.2 Å². The first kappa shape index (κ1) is 22.3. The summed E-state index contributed by atoms with van der Waals surface area (Å²) in [6.45, 7) is 6.97. The summed E-state index contributed by atoms with van der Waals surface area (Å²) in [5.74, 6) is -1.50. The quantitative estimate of drug-likeness (QED) is 0.596. The molecule has 1 saturated heterocycles. The molecule has 6 nitrogen and oxygen atoms in total. The van der Waals surface area contributed by atoms with E-state index >= 15 is 0 Å². The van der Waals surface area contributed by atoms with Gasteiger partial charge in [-0.25, -0.2) is 9.59 Å². The number of carboxylic acid groups (broad SMARTS) is 1. The first-order chi connectivity index (χ1) is 13.9. The van der Waals surface area contributed by atoms with E-state index in [2.05, 4.69) is 15.9 Å². The predicted molar refractivity (Wildman–Crippen MR) is 118 cm³/mol. The lowest BCUT2D eigenvalue weighted by atomic mass is 9.87. The molecule has 0 aromatic heterocycles. The van der Waals surface area contributed by atoms with Crippen molar-refractivity contribution in [3.63, 3.8) is 0 Å². The number of aliphatic carboxylic acids is 1. The van der Waals surface area contributed by atoms with Crippen LogP contribution in [0.1, 0.15) is 57.3 Å². The molecule has 1 heterocycles. The average Bonchev–Trinajstić information content (AvgIpc) is 2.97. The summed E-state index contributed by atoms with van der Waals surface area (Å²) in [5, 5.41) is 11.9. The lowest BCUT2D eigenvalue weighted by Crippen LogP contribution is -2.57. The second-order valence-electron chi connectivity index (χ2n) is 8.88. The molecule has 0 bridgehead atoms. The number of hydrogen-bond donors (Lipinski definition) is 1. The lowest BCUT2D eigenvalue weighted by molar-refractivity contribution is -0.150. The van der Waals surface area contributed by atoms with Gasteiger partial charge in [0.15, 0.2) is 11.3 Å². The Kier molecular flexibility index (Phi) is 5.96. The van der Waals surface area contributed by atoms with E-state index in [1.165, 1.54) is 4.90 Å². The third-order valence-corrected chi connectivity index (χ3v) is 5.94. The Morgan fingerprint density at radius 2 is 1.80 bits per heavy atom. The Morgan fingerprint density at radius 3 is 2.43 bits per heavy atom. The number of halogens is 1. The molecular weight excluding hydrogens is 450 g/mol. The number of amides is 1. The molecule has 1 aliphatic heterocycles. The van der Waals surface area contributed by atoms with Crippen molar-refractivity contribution in [3.8, 4) is 0 Å². The lowest BCUT2D eigenvalue weighted by Gasteiger charge is -2.37. The van der Waals surface area contributed by atoms with Crippen molar-refractivity contribution in [3.05, 3.63) is 46.4 Å². The van der Waals surface area contributed by atoms with Gasteiger partial charge < -0.3 is 9.84 Å². The largest absolute Gasteiger partial charge is 0.479 e. The third-order valence-electron chi connectivity index (χ3n) is 5.44. The highest BCUT2D eigenvalue weighted by Crippen LogP contribution is 2.39. The Hall–Kier alpha value is -2.41. The molecule has 7 heteroatoms. The van der Waals surface area contributed by atoms with Crippen molar-refractivity contribution in [1.29, 1.82) is 0 Å². The zero-order valence-electron chi connectivity index (χ0n) is 17.6. The minimum absolute atomic E-state index is 0.203. The number of Topliss-reactive ketones (excluding diaryl/α,β-unsaturated/α-hetero) is 1. The van der Waals surface area contributed by atoms with Crippen molar-refractivity contribution in [2.24, 2.45) is 0 Å². The SMILES string of the molecule is C[C@H]1CC[C@@](CC(=O)c2ccc3cc(Br)ccc3c2)(C(=O)O)N1C(=O)OC(C)(C)C. The van der Waals surface area contributed by atoms with Gasteiger partial charge in [0, 0.05) is 22.5 Å². The molecule has 1 amide bonds. The molecule has 2 aromatic rings. The summed E-state index contributed by atoms with van der Waals surface area (Å²) in [5.41, 5.74) is -1.96. The number of nitrogens with zero attached hydrogens (tertiary/aromatic N) is 1. The van der Waals surface area contributed by atoms with E-state index in [1.807, 2.05) is 24.3 Å². The number of fused-ring (bicyclic) bond motifs is 1. The minimum atomic E-state index is -1.62. The second kappa shape index (κ2) is 8.02. The maximum atomic E-state index is 13.1. The van der Waals surface area contributed by atoms with Crippen LogP contribution in [0.5, 0.6) is 0 Å². The highest BCUT2D eigenvalue weighted by molar-refractivity contribution is 9.10. The number of ether oxygens (including phenoxy) is 1. The molecule has 1 N–H and O–H groups in total. The summed E-state index contributed by atoms with van der Waals surface area (Å²) in [6.07, 6.45) is -0.306. The number of carbonyl (C=O) groups excluding carboxylic acids is 2. The van der Waals surface area contributed by atoms with Gasteiger partial charge in [-0.2, -0.15) is 0 Å². The van der Waals surface area contributed by atoms with Crippen LogP contribution >= 0.6 is 15.9 Å². The molecule has 2 atom stereocenters. The van der Waals surface area contributed by atoms with Gasteiger partial charge in [-0.15, -0.1) is 0 Å². The van der Waals surface area contributed by atoms with Gasteiger partial charge >= 0.3 is 12.1 Å². The van der Waals surface area contributed by atoms with E-state index in [0.717, 1.165) is 15.2 Å². The molecule has 0 radical (unpaired) electrons. The molecule has 2 aromatic carbocycles. The topological polar surface area (TPSA) is 83.9 Å². The zero-order valence-corrected chi connectivity index (χ0v) is 19.2. The van der Waals surface area contributed by atoms with E-state index in [4.69, 9.17) is 4.74 Å². The number of hydrogen-bond acceptors (Lipinski definition) is 4. The molecule has 0 spiro atoms. The second-order valence-corrected chi connectivity index (χ2v) is 9.80. The number of carbonyl (C=O) groups is 3. The van der Waals surface area contributed by atoms with Gasteiger partial charge in [0.05, 0.1) is 0 Å². The Morgan fingerprint density at radius 1 is 1.17 bits per heavy atom. The van der Waals surface area contributed by atoms with Crippen LogP contribution in [0.15, 0.2) is 40.9 Å². The monoisotopic (exact) mass is 475 g/mol.